The van der Waals surface area contributed by atoms with Gasteiger partial charge in [0, 0.05) is 32.1 Å². The molecule has 9 heteroatoms. The van der Waals surface area contributed by atoms with Crippen LogP contribution in [0.2, 0.25) is 0 Å². The number of halogens is 3. The fourth-order valence-corrected chi connectivity index (χ4v) is 3.62. The summed E-state index contributed by atoms with van der Waals surface area (Å²) in [5.74, 6) is -2.85. The molecular weight excluding hydrogens is 363 g/mol. The molecule has 0 radical (unpaired) electrons. The Hall–Kier alpha value is -1.80. The summed E-state index contributed by atoms with van der Waals surface area (Å²) in [6.07, 6.45) is -1.56. The second-order valence-corrected chi connectivity index (χ2v) is 7.68. The van der Waals surface area contributed by atoms with Crippen LogP contribution in [0.5, 0.6) is 0 Å². The fraction of sp³-hybridized carbons (Fsp3) is 0.833. The first-order valence-corrected chi connectivity index (χ1v) is 9.56. The Morgan fingerprint density at radius 3 is 1.96 bits per heavy atom. The molecule has 2 rings (SSSR count). The second kappa shape index (κ2) is 8.93. The molecular formula is C18H28F3N3O3. The van der Waals surface area contributed by atoms with Crippen molar-refractivity contribution in [2.75, 3.05) is 26.2 Å². The predicted octanol–water partition coefficient (Wildman–Crippen LogP) is 1.94. The molecule has 0 saturated carbocycles. The van der Waals surface area contributed by atoms with Gasteiger partial charge in [0.25, 0.3) is 0 Å². The van der Waals surface area contributed by atoms with Crippen LogP contribution in [0.1, 0.15) is 46.0 Å². The number of nitrogens with zero attached hydrogens (tertiary/aromatic N) is 2. The Balaban J connectivity index is 1.91. The number of alkyl halides is 3. The third kappa shape index (κ3) is 5.59. The van der Waals surface area contributed by atoms with Crippen molar-refractivity contribution in [2.45, 2.75) is 58.2 Å². The standard InChI is InChI=1S/C18H28F3N3O3/c1-12(2)14(16(26)23-8-4-3-5-9-23)22-15(25)13-6-10-24(11-7-13)17(27)18(19,20)21/h12-14H,3-11H2,1-2H3,(H,22,25)/t14-/m0/s1. The van der Waals surface area contributed by atoms with Gasteiger partial charge in [-0.05, 0) is 38.0 Å². The lowest BCUT2D eigenvalue weighted by Gasteiger charge is -2.35. The van der Waals surface area contributed by atoms with Gasteiger partial charge >= 0.3 is 12.1 Å². The molecule has 6 nitrogen and oxygen atoms in total. The summed E-state index contributed by atoms with van der Waals surface area (Å²) in [4.78, 5) is 39.1. The molecule has 0 bridgehead atoms. The molecule has 2 fully saturated rings. The number of rotatable bonds is 4. The normalized spacial score (nSPS) is 20.5. The predicted molar refractivity (Wildman–Crippen MR) is 92.6 cm³/mol. The minimum atomic E-state index is -4.89. The van der Waals surface area contributed by atoms with Gasteiger partial charge in [-0.25, -0.2) is 0 Å². The van der Waals surface area contributed by atoms with Gasteiger partial charge in [0.05, 0.1) is 0 Å². The average Bonchev–Trinajstić information content (AvgIpc) is 2.64. The molecule has 0 spiro atoms. The van der Waals surface area contributed by atoms with Gasteiger partial charge in [0.1, 0.15) is 6.04 Å². The SMILES string of the molecule is CC(C)[C@H](NC(=O)C1CCN(C(=O)C(F)(F)F)CC1)C(=O)N1CCCCC1. The van der Waals surface area contributed by atoms with Gasteiger partial charge in [-0.3, -0.25) is 14.4 Å². The zero-order valence-corrected chi connectivity index (χ0v) is 15.8. The second-order valence-electron chi connectivity index (χ2n) is 7.68. The van der Waals surface area contributed by atoms with Gasteiger partial charge in [-0.2, -0.15) is 13.2 Å². The molecule has 0 aromatic heterocycles. The Bertz CT molecular complexity index is 552. The molecule has 2 saturated heterocycles. The molecule has 0 aromatic carbocycles. The van der Waals surface area contributed by atoms with E-state index in [1.165, 1.54) is 0 Å². The summed E-state index contributed by atoms with van der Waals surface area (Å²) in [6.45, 7) is 4.88. The van der Waals surface area contributed by atoms with E-state index >= 15 is 0 Å². The van der Waals surface area contributed by atoms with Crippen LogP contribution in [0, 0.1) is 11.8 Å². The Morgan fingerprint density at radius 1 is 0.926 bits per heavy atom. The Morgan fingerprint density at radius 2 is 1.48 bits per heavy atom. The summed E-state index contributed by atoms with van der Waals surface area (Å²) < 4.78 is 37.5. The highest BCUT2D eigenvalue weighted by molar-refractivity contribution is 5.89. The largest absolute Gasteiger partial charge is 0.471 e. The molecule has 1 atom stereocenters. The smallest absolute Gasteiger partial charge is 0.344 e. The molecule has 3 amide bonds. The van der Waals surface area contributed by atoms with Gasteiger partial charge in [-0.1, -0.05) is 13.8 Å². The topological polar surface area (TPSA) is 69.7 Å². The molecule has 154 valence electrons. The van der Waals surface area contributed by atoms with Crippen LogP contribution in [0.15, 0.2) is 0 Å². The first kappa shape index (κ1) is 21.5. The van der Waals surface area contributed by atoms with Crippen molar-refractivity contribution < 1.29 is 27.6 Å². The van der Waals surface area contributed by atoms with E-state index in [-0.39, 0.29) is 43.7 Å². The number of piperidine rings is 2. The van der Waals surface area contributed by atoms with Crippen LogP contribution in [0.25, 0.3) is 0 Å². The van der Waals surface area contributed by atoms with Crippen molar-refractivity contribution in [2.24, 2.45) is 11.8 Å². The average molecular weight is 391 g/mol. The highest BCUT2D eigenvalue weighted by Crippen LogP contribution is 2.24. The number of carbonyl (C=O) groups is 3. The quantitative estimate of drug-likeness (QED) is 0.796. The van der Waals surface area contributed by atoms with Crippen LogP contribution in [0.4, 0.5) is 13.2 Å². The molecule has 0 unspecified atom stereocenters. The van der Waals surface area contributed by atoms with Crippen LogP contribution in [-0.2, 0) is 14.4 Å². The van der Waals surface area contributed by atoms with Crippen molar-refractivity contribution >= 4 is 17.7 Å². The molecule has 1 N–H and O–H groups in total. The molecule has 0 aromatic rings. The number of nitrogens with one attached hydrogen (secondary N) is 1. The number of likely N-dealkylation sites (tertiary alicyclic amines) is 2. The van der Waals surface area contributed by atoms with E-state index < -0.39 is 24.0 Å². The minimum absolute atomic E-state index is 0.0877. The van der Waals surface area contributed by atoms with Crippen LogP contribution < -0.4 is 5.32 Å². The summed E-state index contributed by atoms with van der Waals surface area (Å²) in [5, 5.41) is 2.80. The third-order valence-corrected chi connectivity index (χ3v) is 5.29. The van der Waals surface area contributed by atoms with Gasteiger partial charge in [0.2, 0.25) is 11.8 Å². The van der Waals surface area contributed by atoms with Crippen molar-refractivity contribution in [3.05, 3.63) is 0 Å². The highest BCUT2D eigenvalue weighted by atomic mass is 19.4. The fourth-order valence-electron chi connectivity index (χ4n) is 3.62. The van der Waals surface area contributed by atoms with E-state index in [9.17, 15) is 27.6 Å². The minimum Gasteiger partial charge on any atom is -0.344 e. The monoisotopic (exact) mass is 391 g/mol. The van der Waals surface area contributed by atoms with Gasteiger partial charge in [-0.15, -0.1) is 0 Å². The Kier molecular flexibility index (Phi) is 7.11. The number of amides is 3. The lowest BCUT2D eigenvalue weighted by Crippen LogP contribution is -2.54. The molecule has 27 heavy (non-hydrogen) atoms. The van der Waals surface area contributed by atoms with Gasteiger partial charge < -0.3 is 15.1 Å². The van der Waals surface area contributed by atoms with E-state index in [1.807, 2.05) is 13.8 Å². The first-order valence-electron chi connectivity index (χ1n) is 9.56. The van der Waals surface area contributed by atoms with Crippen molar-refractivity contribution in [1.82, 2.24) is 15.1 Å². The summed E-state index contributed by atoms with van der Waals surface area (Å²) in [7, 11) is 0. The number of hydrogen-bond donors (Lipinski definition) is 1. The lowest BCUT2D eigenvalue weighted by atomic mass is 9.94. The first-order chi connectivity index (χ1) is 12.6. The maximum absolute atomic E-state index is 12.7. The summed E-state index contributed by atoms with van der Waals surface area (Å²) >= 11 is 0. The summed E-state index contributed by atoms with van der Waals surface area (Å²) in [5.41, 5.74) is 0. The molecule has 0 aliphatic carbocycles. The van der Waals surface area contributed by atoms with E-state index in [0.29, 0.717) is 13.1 Å². The van der Waals surface area contributed by atoms with E-state index in [2.05, 4.69) is 5.32 Å². The third-order valence-electron chi connectivity index (χ3n) is 5.29. The maximum atomic E-state index is 12.7. The number of hydrogen-bond acceptors (Lipinski definition) is 3. The lowest BCUT2D eigenvalue weighted by molar-refractivity contribution is -0.186. The van der Waals surface area contributed by atoms with Crippen molar-refractivity contribution in [1.29, 1.82) is 0 Å². The van der Waals surface area contributed by atoms with Gasteiger partial charge in [0.15, 0.2) is 0 Å². The zero-order valence-electron chi connectivity index (χ0n) is 15.8. The van der Waals surface area contributed by atoms with Crippen LogP contribution in [-0.4, -0.2) is 65.9 Å². The molecule has 2 aliphatic heterocycles. The van der Waals surface area contributed by atoms with E-state index in [1.54, 1.807) is 4.90 Å². The van der Waals surface area contributed by atoms with E-state index in [4.69, 9.17) is 0 Å². The van der Waals surface area contributed by atoms with Crippen molar-refractivity contribution in [3.63, 3.8) is 0 Å². The highest BCUT2D eigenvalue weighted by Gasteiger charge is 2.44. The number of carbonyl (C=O) groups excluding carboxylic acids is 3. The Labute approximate surface area is 157 Å². The molecule has 2 aliphatic rings. The van der Waals surface area contributed by atoms with Crippen LogP contribution in [0.3, 0.4) is 0 Å². The molecule has 2 heterocycles. The van der Waals surface area contributed by atoms with Crippen molar-refractivity contribution in [3.8, 4) is 0 Å². The van der Waals surface area contributed by atoms with Crippen LogP contribution >= 0.6 is 0 Å². The maximum Gasteiger partial charge on any atom is 0.471 e. The van der Waals surface area contributed by atoms with E-state index in [0.717, 1.165) is 24.2 Å². The zero-order chi connectivity index (χ0) is 20.2. The summed E-state index contributed by atoms with van der Waals surface area (Å²) in [6, 6.07) is -0.634.